The van der Waals surface area contributed by atoms with Crippen LogP contribution in [0, 0.1) is 0 Å². The van der Waals surface area contributed by atoms with E-state index in [0.717, 1.165) is 21.4 Å². The molecule has 2 nitrogen and oxygen atoms in total. The summed E-state index contributed by atoms with van der Waals surface area (Å²) in [5.41, 5.74) is 1.98. The van der Waals surface area contributed by atoms with Crippen molar-refractivity contribution in [3.8, 4) is 11.4 Å². The maximum atomic E-state index is 6.19. The summed E-state index contributed by atoms with van der Waals surface area (Å²) in [6.07, 6.45) is 3.83. The van der Waals surface area contributed by atoms with Gasteiger partial charge in [0.1, 0.15) is 5.82 Å². The summed E-state index contributed by atoms with van der Waals surface area (Å²) < 4.78 is 3.03. The van der Waals surface area contributed by atoms with Gasteiger partial charge >= 0.3 is 0 Å². The van der Waals surface area contributed by atoms with E-state index < -0.39 is 0 Å². The Morgan fingerprint density at radius 3 is 2.76 bits per heavy atom. The minimum Gasteiger partial charge on any atom is -0.299 e. The fourth-order valence-corrected chi connectivity index (χ4v) is 2.36. The van der Waals surface area contributed by atoms with Crippen molar-refractivity contribution < 1.29 is 0 Å². The van der Waals surface area contributed by atoms with Crippen LogP contribution in [0.2, 0.25) is 5.02 Å². The molecule has 0 aliphatic carbocycles. The molecule has 0 atom stereocenters. The second kappa shape index (κ2) is 4.17. The van der Waals surface area contributed by atoms with Gasteiger partial charge in [0.25, 0.3) is 0 Å². The van der Waals surface area contributed by atoms with Crippen LogP contribution in [-0.2, 0) is 0 Å². The summed E-state index contributed by atoms with van der Waals surface area (Å²) in [5.74, 6) is 0.854. The third kappa shape index (κ3) is 1.85. The summed E-state index contributed by atoms with van der Waals surface area (Å²) in [6, 6.07) is 11.7. The molecule has 0 unspecified atom stereocenters. The van der Waals surface area contributed by atoms with Crippen molar-refractivity contribution in [2.75, 3.05) is 0 Å². The predicted molar refractivity (Wildman–Crippen MR) is 73.3 cm³/mol. The van der Waals surface area contributed by atoms with Crippen molar-refractivity contribution >= 4 is 33.0 Å². The number of rotatable bonds is 1. The third-order valence-corrected chi connectivity index (χ3v) is 3.40. The Balaban J connectivity index is 2.31. The van der Waals surface area contributed by atoms with E-state index in [-0.39, 0.29) is 0 Å². The van der Waals surface area contributed by atoms with Crippen LogP contribution in [0.4, 0.5) is 0 Å². The van der Waals surface area contributed by atoms with Gasteiger partial charge in [-0.05, 0) is 40.2 Å². The molecule has 0 spiro atoms. The maximum Gasteiger partial charge on any atom is 0.146 e. The van der Waals surface area contributed by atoms with Crippen molar-refractivity contribution in [1.82, 2.24) is 9.38 Å². The monoisotopic (exact) mass is 306 g/mol. The second-order valence-electron chi connectivity index (χ2n) is 3.70. The number of hydrogen-bond donors (Lipinski definition) is 0. The van der Waals surface area contributed by atoms with Gasteiger partial charge in [0.2, 0.25) is 0 Å². The molecule has 2 aromatic heterocycles. The molecule has 0 saturated heterocycles. The van der Waals surface area contributed by atoms with Crippen LogP contribution < -0.4 is 0 Å². The minimum absolute atomic E-state index is 0.708. The van der Waals surface area contributed by atoms with Gasteiger partial charge in [0.05, 0.1) is 16.7 Å². The van der Waals surface area contributed by atoms with E-state index in [1.54, 1.807) is 0 Å². The zero-order chi connectivity index (χ0) is 11.8. The highest BCUT2D eigenvalue weighted by Gasteiger charge is 2.09. The van der Waals surface area contributed by atoms with E-state index in [0.29, 0.717) is 5.02 Å². The average Bonchev–Trinajstić information content (AvgIpc) is 2.72. The highest BCUT2D eigenvalue weighted by molar-refractivity contribution is 9.10. The topological polar surface area (TPSA) is 17.3 Å². The Bertz CT molecular complexity index is 691. The molecule has 17 heavy (non-hydrogen) atoms. The maximum absolute atomic E-state index is 6.19. The van der Waals surface area contributed by atoms with Crippen LogP contribution in [0.15, 0.2) is 53.3 Å². The first-order chi connectivity index (χ1) is 8.25. The zero-order valence-corrected chi connectivity index (χ0v) is 11.1. The Labute approximate surface area is 112 Å². The van der Waals surface area contributed by atoms with Gasteiger partial charge in [0, 0.05) is 16.2 Å². The molecule has 0 amide bonds. The van der Waals surface area contributed by atoms with Crippen LogP contribution in [0.5, 0.6) is 0 Å². The van der Waals surface area contributed by atoms with Crippen LogP contribution >= 0.6 is 27.5 Å². The molecule has 1 aromatic carbocycles. The lowest BCUT2D eigenvalue weighted by Crippen LogP contribution is -1.89. The van der Waals surface area contributed by atoms with E-state index in [1.165, 1.54) is 0 Å². The van der Waals surface area contributed by atoms with E-state index in [9.17, 15) is 0 Å². The fourth-order valence-electron chi connectivity index (χ4n) is 1.81. The summed E-state index contributed by atoms with van der Waals surface area (Å²) in [5, 5.41) is 0.708. The molecule has 0 fully saturated rings. The van der Waals surface area contributed by atoms with E-state index in [2.05, 4.69) is 20.9 Å². The van der Waals surface area contributed by atoms with Gasteiger partial charge in [-0.3, -0.25) is 4.40 Å². The molecule has 2 heterocycles. The number of fused-ring (bicyclic) bond motifs is 1. The van der Waals surface area contributed by atoms with Crippen LogP contribution in [0.25, 0.3) is 16.9 Å². The van der Waals surface area contributed by atoms with Gasteiger partial charge in [-0.25, -0.2) is 4.98 Å². The largest absolute Gasteiger partial charge is 0.299 e. The molecular weight excluding hydrogens is 300 g/mol. The first-order valence-corrected chi connectivity index (χ1v) is 6.30. The number of nitrogens with zero attached hydrogens (tertiary/aromatic N) is 2. The first kappa shape index (κ1) is 10.8. The molecule has 0 saturated carbocycles. The molecule has 3 aromatic rings. The highest BCUT2D eigenvalue weighted by Crippen LogP contribution is 2.27. The number of imidazole rings is 1. The van der Waals surface area contributed by atoms with E-state index >= 15 is 0 Å². The Morgan fingerprint density at radius 2 is 1.94 bits per heavy atom. The summed E-state index contributed by atoms with van der Waals surface area (Å²) >= 11 is 9.65. The van der Waals surface area contributed by atoms with Gasteiger partial charge in [-0.2, -0.15) is 0 Å². The Hall–Kier alpha value is -1.32. The lowest BCUT2D eigenvalue weighted by Gasteiger charge is -2.03. The zero-order valence-electron chi connectivity index (χ0n) is 8.77. The van der Waals surface area contributed by atoms with Crippen molar-refractivity contribution in [1.29, 1.82) is 0 Å². The molecule has 0 N–H and O–H groups in total. The van der Waals surface area contributed by atoms with Gasteiger partial charge in [-0.1, -0.05) is 23.7 Å². The average molecular weight is 308 g/mol. The van der Waals surface area contributed by atoms with E-state index in [1.807, 2.05) is 53.2 Å². The summed E-state index contributed by atoms with van der Waals surface area (Å²) in [6.45, 7) is 0. The second-order valence-corrected chi connectivity index (χ2v) is 5.03. The smallest absolute Gasteiger partial charge is 0.146 e. The molecule has 4 heteroatoms. The van der Waals surface area contributed by atoms with Crippen molar-refractivity contribution in [2.24, 2.45) is 0 Å². The molecule has 0 aliphatic heterocycles. The quantitative estimate of drug-likeness (QED) is 0.650. The molecule has 0 aliphatic rings. The minimum atomic E-state index is 0.708. The van der Waals surface area contributed by atoms with Crippen LogP contribution in [0.1, 0.15) is 0 Å². The normalized spacial score (nSPS) is 10.9. The fraction of sp³-hybridized carbons (Fsp3) is 0. The third-order valence-electron chi connectivity index (χ3n) is 2.61. The van der Waals surface area contributed by atoms with Crippen molar-refractivity contribution in [3.05, 3.63) is 58.3 Å². The number of halogens is 2. The van der Waals surface area contributed by atoms with Crippen LogP contribution in [0.3, 0.4) is 0 Å². The summed E-state index contributed by atoms with van der Waals surface area (Å²) in [4.78, 5) is 4.43. The Morgan fingerprint density at radius 1 is 1.12 bits per heavy atom. The standard InChI is InChI=1S/C13H8BrClN2/c14-9-5-6-10-7-16-13(17(10)8-9)11-3-1-2-4-12(11)15/h1-8H. The lowest BCUT2D eigenvalue weighted by atomic mass is 10.2. The molecule has 84 valence electrons. The first-order valence-electron chi connectivity index (χ1n) is 5.13. The number of hydrogen-bond acceptors (Lipinski definition) is 1. The number of benzene rings is 1. The molecule has 3 rings (SSSR count). The van der Waals surface area contributed by atoms with E-state index in [4.69, 9.17) is 11.6 Å². The van der Waals surface area contributed by atoms with Gasteiger partial charge in [0.15, 0.2) is 0 Å². The molecular formula is C13H8BrClN2. The molecule has 0 radical (unpaired) electrons. The summed E-state index contributed by atoms with van der Waals surface area (Å²) in [7, 11) is 0. The molecule has 0 bridgehead atoms. The lowest BCUT2D eigenvalue weighted by molar-refractivity contribution is 1.15. The Kier molecular flexibility index (Phi) is 2.65. The van der Waals surface area contributed by atoms with Gasteiger partial charge < -0.3 is 0 Å². The predicted octanol–water partition coefficient (Wildman–Crippen LogP) is 4.42. The van der Waals surface area contributed by atoms with Crippen molar-refractivity contribution in [2.45, 2.75) is 0 Å². The SMILES string of the molecule is Clc1ccccc1-c1ncc2ccc(Br)cn12. The van der Waals surface area contributed by atoms with Gasteiger partial charge in [-0.15, -0.1) is 0 Å². The number of pyridine rings is 1. The van der Waals surface area contributed by atoms with Crippen molar-refractivity contribution in [3.63, 3.8) is 0 Å². The number of aromatic nitrogens is 2. The highest BCUT2D eigenvalue weighted by atomic mass is 79.9. The van der Waals surface area contributed by atoms with Crippen LogP contribution in [-0.4, -0.2) is 9.38 Å².